The fraction of sp³-hybridized carbons (Fsp3) is 0.750. The number of fused-ring (bicyclic) bond motifs is 5. The van der Waals surface area contributed by atoms with Crippen molar-refractivity contribution in [3.8, 4) is 0 Å². The van der Waals surface area contributed by atoms with E-state index in [4.69, 9.17) is 0 Å². The molecule has 0 amide bonds. The van der Waals surface area contributed by atoms with Gasteiger partial charge in [0.25, 0.3) is 0 Å². The molecular weight excluding hydrogens is 272 g/mol. The first kappa shape index (κ1) is 14.7. The molecule has 0 aliphatic heterocycles. The molecule has 120 valence electrons. The van der Waals surface area contributed by atoms with E-state index < -0.39 is 5.60 Å². The van der Waals surface area contributed by atoms with Crippen LogP contribution in [0.5, 0.6) is 0 Å². The quantitative estimate of drug-likeness (QED) is 0.733. The SMILES string of the molecule is C[C@]1(O)CC[C@H]2[C@@H]3CCC4=CC(=O)C=C[C@@]4(C)[C@H]3CC[C@]21C. The van der Waals surface area contributed by atoms with Crippen LogP contribution in [-0.4, -0.2) is 16.5 Å². The van der Waals surface area contributed by atoms with Gasteiger partial charge in [-0.15, -0.1) is 0 Å². The summed E-state index contributed by atoms with van der Waals surface area (Å²) in [6, 6.07) is 0. The molecule has 0 unspecified atom stereocenters. The highest BCUT2D eigenvalue weighted by Gasteiger charge is 2.61. The van der Waals surface area contributed by atoms with Gasteiger partial charge in [-0.3, -0.25) is 4.79 Å². The van der Waals surface area contributed by atoms with Crippen LogP contribution >= 0.6 is 0 Å². The minimum absolute atomic E-state index is 0.0760. The van der Waals surface area contributed by atoms with Crippen molar-refractivity contribution in [1.29, 1.82) is 0 Å². The van der Waals surface area contributed by atoms with Gasteiger partial charge in [-0.05, 0) is 80.8 Å². The number of allylic oxidation sites excluding steroid dienone is 4. The van der Waals surface area contributed by atoms with Gasteiger partial charge in [-0.1, -0.05) is 25.5 Å². The average Bonchev–Trinajstić information content (AvgIpc) is 2.70. The molecule has 0 aromatic heterocycles. The Labute approximate surface area is 133 Å². The highest BCUT2D eigenvalue weighted by molar-refractivity contribution is 6.01. The zero-order chi connectivity index (χ0) is 15.8. The van der Waals surface area contributed by atoms with Crippen LogP contribution in [0.2, 0.25) is 0 Å². The lowest BCUT2D eigenvalue weighted by molar-refractivity contribution is -0.114. The summed E-state index contributed by atoms with van der Waals surface area (Å²) in [5.41, 5.74) is 1.01. The van der Waals surface area contributed by atoms with Gasteiger partial charge < -0.3 is 5.11 Å². The Balaban J connectivity index is 1.71. The van der Waals surface area contributed by atoms with Crippen LogP contribution in [0.25, 0.3) is 0 Å². The van der Waals surface area contributed by atoms with Gasteiger partial charge in [-0.25, -0.2) is 0 Å². The van der Waals surface area contributed by atoms with Crippen LogP contribution in [0.15, 0.2) is 23.8 Å². The molecule has 6 atom stereocenters. The molecule has 0 aromatic carbocycles. The standard InChI is InChI=1S/C20H28O2/c1-18-9-6-14(21)12-13(18)4-5-15-16(18)7-10-19(2)17(15)8-11-20(19,3)22/h6,9,12,15-17,22H,4-5,7-8,10-11H2,1-3H3/t15-,16+,17+,18-,19-,20+/m1/s1. The molecule has 0 saturated heterocycles. The Morgan fingerprint density at radius 1 is 1.09 bits per heavy atom. The summed E-state index contributed by atoms with van der Waals surface area (Å²) in [6.45, 7) is 6.73. The molecule has 3 saturated carbocycles. The van der Waals surface area contributed by atoms with E-state index in [9.17, 15) is 9.90 Å². The van der Waals surface area contributed by atoms with Crippen molar-refractivity contribution in [3.63, 3.8) is 0 Å². The first-order valence-corrected chi connectivity index (χ1v) is 8.95. The summed E-state index contributed by atoms with van der Waals surface area (Å²) in [6.07, 6.45) is 12.5. The molecule has 0 spiro atoms. The lowest BCUT2D eigenvalue weighted by Crippen LogP contribution is -2.53. The number of carbonyl (C=O) groups excluding carboxylic acids is 1. The maximum absolute atomic E-state index is 11.7. The highest BCUT2D eigenvalue weighted by Crippen LogP contribution is 2.66. The molecule has 0 heterocycles. The van der Waals surface area contributed by atoms with Gasteiger partial charge >= 0.3 is 0 Å². The van der Waals surface area contributed by atoms with Crippen LogP contribution in [-0.2, 0) is 4.79 Å². The predicted octanol–water partition coefficient (Wildman–Crippen LogP) is 4.05. The van der Waals surface area contributed by atoms with Gasteiger partial charge in [0.05, 0.1) is 5.60 Å². The summed E-state index contributed by atoms with van der Waals surface area (Å²) in [7, 11) is 0. The number of aliphatic hydroxyl groups is 1. The van der Waals surface area contributed by atoms with Crippen molar-refractivity contribution in [2.75, 3.05) is 0 Å². The van der Waals surface area contributed by atoms with Crippen LogP contribution in [0, 0.1) is 28.6 Å². The normalized spacial score (nSPS) is 53.5. The van der Waals surface area contributed by atoms with E-state index >= 15 is 0 Å². The summed E-state index contributed by atoms with van der Waals surface area (Å²) in [4.78, 5) is 11.7. The second-order valence-corrected chi connectivity index (χ2v) is 8.87. The molecule has 1 N–H and O–H groups in total. The zero-order valence-electron chi connectivity index (χ0n) is 14.1. The summed E-state index contributed by atoms with van der Waals surface area (Å²) < 4.78 is 0. The number of hydrogen-bond acceptors (Lipinski definition) is 2. The first-order chi connectivity index (χ1) is 10.3. The fourth-order valence-corrected chi connectivity index (χ4v) is 6.44. The summed E-state index contributed by atoms with van der Waals surface area (Å²) in [5, 5.41) is 10.9. The van der Waals surface area contributed by atoms with Gasteiger partial charge in [0.1, 0.15) is 0 Å². The third-order valence-electron chi connectivity index (χ3n) is 8.12. The second-order valence-electron chi connectivity index (χ2n) is 8.87. The van der Waals surface area contributed by atoms with Crippen LogP contribution in [0.4, 0.5) is 0 Å². The van der Waals surface area contributed by atoms with Crippen molar-refractivity contribution in [3.05, 3.63) is 23.8 Å². The average molecular weight is 300 g/mol. The van der Waals surface area contributed by atoms with E-state index in [0.29, 0.717) is 17.8 Å². The molecule has 4 aliphatic rings. The second kappa shape index (κ2) is 4.35. The largest absolute Gasteiger partial charge is 0.390 e. The van der Waals surface area contributed by atoms with Crippen molar-refractivity contribution in [1.82, 2.24) is 0 Å². The predicted molar refractivity (Wildman–Crippen MR) is 87.2 cm³/mol. The van der Waals surface area contributed by atoms with Crippen molar-refractivity contribution < 1.29 is 9.90 Å². The molecule has 0 aromatic rings. The van der Waals surface area contributed by atoms with E-state index in [1.807, 2.05) is 6.08 Å². The molecule has 0 bridgehead atoms. The fourth-order valence-electron chi connectivity index (χ4n) is 6.44. The topological polar surface area (TPSA) is 37.3 Å². The first-order valence-electron chi connectivity index (χ1n) is 8.95. The molecular formula is C20H28O2. The maximum Gasteiger partial charge on any atom is 0.178 e. The lowest BCUT2D eigenvalue weighted by Gasteiger charge is -2.57. The van der Waals surface area contributed by atoms with Crippen LogP contribution in [0.1, 0.15) is 59.3 Å². The molecule has 4 rings (SSSR count). The van der Waals surface area contributed by atoms with E-state index in [-0.39, 0.29) is 16.6 Å². The van der Waals surface area contributed by atoms with Crippen LogP contribution in [0.3, 0.4) is 0 Å². The van der Waals surface area contributed by atoms with Crippen LogP contribution < -0.4 is 0 Å². The number of hydrogen-bond donors (Lipinski definition) is 1. The number of carbonyl (C=O) groups is 1. The number of ketones is 1. The van der Waals surface area contributed by atoms with E-state index in [2.05, 4.69) is 26.8 Å². The van der Waals surface area contributed by atoms with Crippen molar-refractivity contribution in [2.45, 2.75) is 64.9 Å². The minimum atomic E-state index is -0.502. The Morgan fingerprint density at radius 2 is 1.82 bits per heavy atom. The summed E-state index contributed by atoms with van der Waals surface area (Å²) in [5.74, 6) is 2.15. The van der Waals surface area contributed by atoms with Gasteiger partial charge in [0.2, 0.25) is 0 Å². The Bertz CT molecular complexity index is 585. The smallest absolute Gasteiger partial charge is 0.178 e. The molecule has 4 aliphatic carbocycles. The maximum atomic E-state index is 11.7. The van der Waals surface area contributed by atoms with Gasteiger partial charge in [0, 0.05) is 5.41 Å². The monoisotopic (exact) mass is 300 g/mol. The molecule has 2 nitrogen and oxygen atoms in total. The van der Waals surface area contributed by atoms with Gasteiger partial charge in [-0.2, -0.15) is 0 Å². The van der Waals surface area contributed by atoms with Crippen molar-refractivity contribution >= 4 is 5.78 Å². The minimum Gasteiger partial charge on any atom is -0.390 e. The highest BCUT2D eigenvalue weighted by atomic mass is 16.3. The number of rotatable bonds is 0. The van der Waals surface area contributed by atoms with E-state index in [1.165, 1.54) is 24.8 Å². The summed E-state index contributed by atoms with van der Waals surface area (Å²) >= 11 is 0. The van der Waals surface area contributed by atoms with E-state index in [0.717, 1.165) is 19.3 Å². The lowest BCUT2D eigenvalue weighted by atomic mass is 9.47. The van der Waals surface area contributed by atoms with Crippen molar-refractivity contribution in [2.24, 2.45) is 28.6 Å². The Morgan fingerprint density at radius 3 is 2.59 bits per heavy atom. The Kier molecular flexibility index (Phi) is 2.90. The third kappa shape index (κ3) is 1.68. The zero-order valence-corrected chi connectivity index (χ0v) is 14.1. The Hall–Kier alpha value is -0.890. The molecule has 3 fully saturated rings. The molecule has 22 heavy (non-hydrogen) atoms. The molecule has 2 heteroatoms. The van der Waals surface area contributed by atoms with E-state index in [1.54, 1.807) is 6.08 Å². The van der Waals surface area contributed by atoms with Gasteiger partial charge in [0.15, 0.2) is 5.78 Å². The molecule has 0 radical (unpaired) electrons. The third-order valence-corrected chi connectivity index (χ3v) is 8.12.